The quantitative estimate of drug-likeness (QED) is 0.168. The molecule has 7 rings (SSSR count). The first-order chi connectivity index (χ1) is 20.6. The van der Waals surface area contributed by atoms with Gasteiger partial charge in [-0.05, 0) is 66.7 Å². The predicted octanol–water partition coefficient (Wildman–Crippen LogP) is 9.39. The molecule has 2 aliphatic rings. The number of ether oxygens (including phenoxy) is 2. The van der Waals surface area contributed by atoms with Crippen LogP contribution < -0.4 is 4.74 Å². The first-order valence-corrected chi connectivity index (χ1v) is 15.6. The van der Waals surface area contributed by atoms with Crippen LogP contribution in [0.25, 0.3) is 27.6 Å². The smallest absolute Gasteiger partial charge is 0.515 e. The van der Waals surface area contributed by atoms with Gasteiger partial charge in [-0.2, -0.15) is 6.07 Å². The van der Waals surface area contributed by atoms with E-state index in [2.05, 4.69) is 107 Å². The van der Waals surface area contributed by atoms with E-state index >= 15 is 0 Å². The maximum absolute atomic E-state index is 6.53. The van der Waals surface area contributed by atoms with Crippen molar-refractivity contribution in [3.63, 3.8) is 0 Å². The molecule has 1 saturated carbocycles. The number of fused-ring (bicyclic) bond motifs is 4. The van der Waals surface area contributed by atoms with Crippen LogP contribution in [0.4, 0.5) is 0 Å². The van der Waals surface area contributed by atoms with Gasteiger partial charge in [0.15, 0.2) is 0 Å². The van der Waals surface area contributed by atoms with E-state index in [1.807, 2.05) is 12.3 Å². The third kappa shape index (κ3) is 5.72. The summed E-state index contributed by atoms with van der Waals surface area (Å²) in [5, 5.41) is 2.29. The van der Waals surface area contributed by atoms with Crippen molar-refractivity contribution >= 4 is 27.7 Å². The van der Waals surface area contributed by atoms with E-state index in [4.69, 9.17) is 19.5 Å². The topological polar surface area (TPSA) is 48.6 Å². The maximum Gasteiger partial charge on any atom is 2.00 e. The van der Waals surface area contributed by atoms with Gasteiger partial charge in [-0.1, -0.05) is 81.9 Å². The Hall–Kier alpha value is -3.43. The minimum absolute atomic E-state index is 0. The Kier molecular flexibility index (Phi) is 8.22. The zero-order valence-electron chi connectivity index (χ0n) is 26.3. The van der Waals surface area contributed by atoms with Gasteiger partial charge in [-0.15, -0.1) is 29.1 Å². The predicted molar refractivity (Wildman–Crippen MR) is 174 cm³/mol. The van der Waals surface area contributed by atoms with Gasteiger partial charge in [0, 0.05) is 23.2 Å². The molecule has 0 amide bonds. The summed E-state index contributed by atoms with van der Waals surface area (Å²) in [5.41, 5.74) is 6.52. The molecule has 6 heteroatoms. The summed E-state index contributed by atoms with van der Waals surface area (Å²) >= 11 is 0. The monoisotopic (exact) mass is 764 g/mol. The molecule has 44 heavy (non-hydrogen) atoms. The molecular weight excluding hydrogens is 726 g/mol. The zero-order chi connectivity index (χ0) is 29.9. The average molecular weight is 765 g/mol. The van der Waals surface area contributed by atoms with Crippen molar-refractivity contribution in [3.8, 4) is 17.3 Å². The zero-order valence-corrected chi connectivity index (χ0v) is 28.6. The van der Waals surface area contributed by atoms with Gasteiger partial charge in [0.2, 0.25) is 0 Å². The molecule has 0 saturated heterocycles. The van der Waals surface area contributed by atoms with Gasteiger partial charge in [0.1, 0.15) is 17.8 Å². The van der Waals surface area contributed by atoms with Crippen LogP contribution >= 0.6 is 0 Å². The normalized spacial score (nSPS) is 18.2. The van der Waals surface area contributed by atoms with Gasteiger partial charge in [0.05, 0.1) is 6.04 Å². The van der Waals surface area contributed by atoms with Crippen molar-refractivity contribution in [3.05, 3.63) is 95.2 Å². The average Bonchev–Trinajstić information content (AvgIpc) is 3.55. The van der Waals surface area contributed by atoms with Crippen molar-refractivity contribution in [2.24, 2.45) is 4.99 Å². The number of aliphatic imine (C=N–C) groups is 1. The summed E-state index contributed by atoms with van der Waals surface area (Å²) in [5.74, 6) is 3.16. The van der Waals surface area contributed by atoms with E-state index in [1.54, 1.807) is 0 Å². The van der Waals surface area contributed by atoms with E-state index in [0.717, 1.165) is 40.6 Å². The third-order valence-electron chi connectivity index (χ3n) is 8.84. The second-order valence-corrected chi connectivity index (χ2v) is 13.5. The molecule has 3 heterocycles. The first-order valence-electron chi connectivity index (χ1n) is 15.6. The Morgan fingerprint density at radius 2 is 1.75 bits per heavy atom. The van der Waals surface area contributed by atoms with Gasteiger partial charge < -0.3 is 14.0 Å². The molecule has 2 aromatic heterocycles. The molecule has 3 aromatic carbocycles. The minimum atomic E-state index is 0. The summed E-state index contributed by atoms with van der Waals surface area (Å²) < 4.78 is 15.1. The third-order valence-corrected chi connectivity index (χ3v) is 8.84. The van der Waals surface area contributed by atoms with E-state index < -0.39 is 0 Å². The van der Waals surface area contributed by atoms with Gasteiger partial charge in [-0.3, -0.25) is 4.99 Å². The number of rotatable bonds is 5. The van der Waals surface area contributed by atoms with Crippen molar-refractivity contribution < 1.29 is 30.5 Å². The van der Waals surface area contributed by atoms with Crippen LogP contribution in [-0.2, 0) is 31.2 Å². The number of benzene rings is 3. The second kappa shape index (κ2) is 11.8. The molecular formula is C38H39N3O2Pt. The molecule has 0 spiro atoms. The molecule has 0 unspecified atom stereocenters. The summed E-state index contributed by atoms with van der Waals surface area (Å²) in [6, 6.07) is 26.6. The van der Waals surface area contributed by atoms with Crippen molar-refractivity contribution in [2.45, 2.75) is 90.7 Å². The standard InChI is InChI=1S/C38H39N3O2.Pt/c1-23(2)25-18-26(37-40-32-9-7-8-10-35(32)43-37)20-29(19-25)42-28-12-13-30-31-17-24(3)11-14-33(31)41(34(30)22-28)36-21-27(15-16-39-36)38(4,5)6;/h11-19,21,23,32,35H,7-10H2,1-6H3;/q-2;+2/t32-,35-;/m0./s1. The van der Waals surface area contributed by atoms with Crippen LogP contribution in [-0.4, -0.2) is 27.6 Å². The van der Waals surface area contributed by atoms with Crippen LogP contribution in [0.2, 0.25) is 0 Å². The molecule has 1 fully saturated rings. The molecule has 2 atom stereocenters. The van der Waals surface area contributed by atoms with Gasteiger partial charge in [0.25, 0.3) is 0 Å². The van der Waals surface area contributed by atoms with Crippen LogP contribution in [0.5, 0.6) is 11.5 Å². The minimum Gasteiger partial charge on any atom is -0.515 e. The number of aromatic nitrogens is 2. The van der Waals surface area contributed by atoms with E-state index in [1.165, 1.54) is 34.9 Å². The number of nitrogens with zero attached hydrogens (tertiary/aromatic N) is 3. The van der Waals surface area contributed by atoms with Gasteiger partial charge in [-0.25, -0.2) is 4.98 Å². The largest absolute Gasteiger partial charge is 2.00 e. The van der Waals surface area contributed by atoms with Crippen molar-refractivity contribution in [2.75, 3.05) is 0 Å². The van der Waals surface area contributed by atoms with Crippen LogP contribution in [0, 0.1) is 19.1 Å². The first kappa shape index (κ1) is 30.6. The summed E-state index contributed by atoms with van der Waals surface area (Å²) in [7, 11) is 0. The fourth-order valence-corrected chi connectivity index (χ4v) is 6.35. The maximum atomic E-state index is 6.53. The fourth-order valence-electron chi connectivity index (χ4n) is 6.35. The molecule has 0 radical (unpaired) electrons. The Morgan fingerprint density at radius 1 is 0.932 bits per heavy atom. The molecule has 5 nitrogen and oxygen atoms in total. The number of hydrogen-bond donors (Lipinski definition) is 0. The summed E-state index contributed by atoms with van der Waals surface area (Å²) in [6.07, 6.45) is 6.68. The van der Waals surface area contributed by atoms with Crippen LogP contribution in [0.3, 0.4) is 0 Å². The summed E-state index contributed by atoms with van der Waals surface area (Å²) in [4.78, 5) is 9.78. The van der Waals surface area contributed by atoms with Crippen molar-refractivity contribution in [1.82, 2.24) is 9.55 Å². The second-order valence-electron chi connectivity index (χ2n) is 13.5. The van der Waals surface area contributed by atoms with E-state index in [-0.39, 0.29) is 38.6 Å². The van der Waals surface area contributed by atoms with Crippen LogP contribution in [0.1, 0.15) is 88.5 Å². The molecule has 1 aliphatic carbocycles. The van der Waals surface area contributed by atoms with E-state index in [0.29, 0.717) is 23.3 Å². The Bertz CT molecular complexity index is 1880. The molecule has 0 bridgehead atoms. The van der Waals surface area contributed by atoms with Gasteiger partial charge >= 0.3 is 21.1 Å². The fraction of sp³-hybridized carbons (Fsp3) is 0.368. The Labute approximate surface area is 275 Å². The summed E-state index contributed by atoms with van der Waals surface area (Å²) in [6.45, 7) is 13.2. The van der Waals surface area contributed by atoms with Crippen LogP contribution in [0.15, 0.2) is 65.8 Å². The molecule has 228 valence electrons. The number of aryl methyl sites for hydroxylation is 1. The Morgan fingerprint density at radius 3 is 2.52 bits per heavy atom. The SMILES string of the molecule is Cc1ccc2c(c1)c1ccc(Oc3[c-]c(C4=N[C@H]5CCCC[C@@H]5O4)cc(C(C)C)c3)[c-]c1n2-c1cc(C(C)(C)C)ccn1.[Pt+2]. The Balaban J connectivity index is 0.00000343. The number of hydrogen-bond acceptors (Lipinski definition) is 4. The number of pyridine rings is 1. The molecule has 1 aliphatic heterocycles. The molecule has 0 N–H and O–H groups in total. The molecule has 5 aromatic rings. The van der Waals surface area contributed by atoms with E-state index in [9.17, 15) is 0 Å². The van der Waals surface area contributed by atoms with Crippen molar-refractivity contribution in [1.29, 1.82) is 0 Å².